The fraction of sp³-hybridized carbons (Fsp3) is 0.286. The second kappa shape index (κ2) is 4.06. The van der Waals surface area contributed by atoms with Gasteiger partial charge in [0.05, 0.1) is 0 Å². The zero-order valence-corrected chi connectivity index (χ0v) is 7.35. The molecule has 4 nitrogen and oxygen atoms in total. The topological polar surface area (TPSA) is 62.8 Å². The zero-order chi connectivity index (χ0) is 8.97. The second-order valence-electron chi connectivity index (χ2n) is 2.03. The molecule has 1 rings (SSSR count). The molecule has 0 atom stereocenters. The van der Waals surface area contributed by atoms with E-state index < -0.39 is 0 Å². The van der Waals surface area contributed by atoms with Crippen molar-refractivity contribution in [2.24, 2.45) is 0 Å². The van der Waals surface area contributed by atoms with Crippen LogP contribution in [0.3, 0.4) is 0 Å². The van der Waals surface area contributed by atoms with Gasteiger partial charge in [-0.2, -0.15) is 0 Å². The molecular weight excluding hydrogens is 176 g/mol. The van der Waals surface area contributed by atoms with E-state index in [0.29, 0.717) is 11.4 Å². The summed E-state index contributed by atoms with van der Waals surface area (Å²) in [5.41, 5.74) is -0.113. The Morgan fingerprint density at radius 2 is 2.50 bits per heavy atom. The Morgan fingerprint density at radius 3 is 3.08 bits per heavy atom. The van der Waals surface area contributed by atoms with Crippen LogP contribution in [-0.4, -0.2) is 22.0 Å². The number of rotatable bonds is 3. The summed E-state index contributed by atoms with van der Waals surface area (Å²) in [6.07, 6.45) is 0.564. The smallest absolute Gasteiger partial charge is 0.252 e. The van der Waals surface area contributed by atoms with Crippen molar-refractivity contribution >= 4 is 18.0 Å². The molecule has 0 unspecified atom stereocenters. The molecular formula is C7H8N2O2S. The Morgan fingerprint density at radius 1 is 1.75 bits per heavy atom. The fourth-order valence-corrected chi connectivity index (χ4v) is 1.33. The predicted octanol–water partition coefficient (Wildman–Crippen LogP) is 0.694. The minimum atomic E-state index is -0.289. The van der Waals surface area contributed by atoms with Gasteiger partial charge >= 0.3 is 0 Å². The molecule has 1 N–H and O–H groups in total. The monoisotopic (exact) mass is 184 g/mol. The van der Waals surface area contributed by atoms with Gasteiger partial charge in [0.1, 0.15) is 5.69 Å². The third-order valence-electron chi connectivity index (χ3n) is 1.14. The third-order valence-corrected chi connectivity index (χ3v) is 1.90. The molecule has 64 valence electrons. The fourth-order valence-electron chi connectivity index (χ4n) is 0.719. The van der Waals surface area contributed by atoms with E-state index in [-0.39, 0.29) is 11.3 Å². The van der Waals surface area contributed by atoms with E-state index in [1.807, 2.05) is 6.92 Å². The lowest BCUT2D eigenvalue weighted by molar-refractivity contribution is 0.111. The van der Waals surface area contributed by atoms with Gasteiger partial charge in [0, 0.05) is 6.07 Å². The summed E-state index contributed by atoms with van der Waals surface area (Å²) in [4.78, 5) is 27.6. The number of carbonyl (C=O) groups is 1. The minimum Gasteiger partial charge on any atom is -0.301 e. The van der Waals surface area contributed by atoms with E-state index in [0.717, 1.165) is 5.75 Å². The van der Waals surface area contributed by atoms with E-state index >= 15 is 0 Å². The lowest BCUT2D eigenvalue weighted by atomic mass is 10.4. The molecule has 1 aromatic heterocycles. The maximum atomic E-state index is 10.9. The molecule has 0 bridgehead atoms. The van der Waals surface area contributed by atoms with Gasteiger partial charge in [-0.15, -0.1) is 0 Å². The largest absolute Gasteiger partial charge is 0.301 e. The average molecular weight is 184 g/mol. The molecule has 0 saturated carbocycles. The Labute approximate surface area is 73.4 Å². The Bertz CT molecular complexity index is 334. The van der Waals surface area contributed by atoms with Gasteiger partial charge < -0.3 is 4.98 Å². The highest BCUT2D eigenvalue weighted by atomic mass is 32.2. The number of aromatic amines is 1. The quantitative estimate of drug-likeness (QED) is 0.426. The van der Waals surface area contributed by atoms with Crippen LogP contribution in [0.25, 0.3) is 0 Å². The van der Waals surface area contributed by atoms with Crippen molar-refractivity contribution < 1.29 is 4.79 Å². The van der Waals surface area contributed by atoms with Crippen molar-refractivity contribution in [2.45, 2.75) is 12.1 Å². The first-order chi connectivity index (χ1) is 5.76. The molecule has 0 fully saturated rings. The average Bonchev–Trinajstić information content (AvgIpc) is 2.04. The Kier molecular flexibility index (Phi) is 3.04. The molecule has 0 aliphatic heterocycles. The highest BCUT2D eigenvalue weighted by Crippen LogP contribution is 2.08. The summed E-state index contributed by atoms with van der Waals surface area (Å²) in [5, 5.41) is 0.493. The first kappa shape index (κ1) is 8.99. The molecule has 12 heavy (non-hydrogen) atoms. The van der Waals surface area contributed by atoms with Gasteiger partial charge in [0.2, 0.25) is 0 Å². The van der Waals surface area contributed by atoms with Crippen LogP contribution in [0.2, 0.25) is 0 Å². The van der Waals surface area contributed by atoms with Gasteiger partial charge in [-0.1, -0.05) is 18.7 Å². The second-order valence-corrected chi connectivity index (χ2v) is 3.28. The minimum absolute atomic E-state index is 0.176. The number of hydrogen-bond acceptors (Lipinski definition) is 4. The van der Waals surface area contributed by atoms with Gasteiger partial charge in [-0.3, -0.25) is 9.59 Å². The lowest BCUT2D eigenvalue weighted by Gasteiger charge is -1.96. The lowest BCUT2D eigenvalue weighted by Crippen LogP contribution is -2.09. The molecule has 0 saturated heterocycles. The summed E-state index contributed by atoms with van der Waals surface area (Å²) in [5.74, 6) is 0.811. The first-order valence-corrected chi connectivity index (χ1v) is 4.44. The van der Waals surface area contributed by atoms with Crippen LogP contribution in [0.5, 0.6) is 0 Å². The molecule has 0 radical (unpaired) electrons. The van der Waals surface area contributed by atoms with Crippen LogP contribution >= 0.6 is 11.8 Å². The van der Waals surface area contributed by atoms with Gasteiger partial charge in [0.15, 0.2) is 11.4 Å². The van der Waals surface area contributed by atoms with Crippen LogP contribution in [0, 0.1) is 0 Å². The van der Waals surface area contributed by atoms with E-state index in [1.165, 1.54) is 17.8 Å². The van der Waals surface area contributed by atoms with E-state index in [1.54, 1.807) is 0 Å². The Balaban J connectivity index is 3.06. The number of thioether (sulfide) groups is 1. The molecule has 0 aliphatic carbocycles. The SMILES string of the molecule is CCSc1nc(C=O)cc(=O)[nH]1. The molecule has 1 aromatic rings. The maximum Gasteiger partial charge on any atom is 0.252 e. The normalized spacial score (nSPS) is 9.75. The first-order valence-electron chi connectivity index (χ1n) is 3.45. The van der Waals surface area contributed by atoms with Crippen LogP contribution < -0.4 is 5.56 Å². The van der Waals surface area contributed by atoms with Gasteiger partial charge in [0.25, 0.3) is 5.56 Å². The zero-order valence-electron chi connectivity index (χ0n) is 6.53. The number of aldehydes is 1. The highest BCUT2D eigenvalue weighted by molar-refractivity contribution is 7.99. The summed E-state index contributed by atoms with van der Waals surface area (Å²) >= 11 is 1.39. The molecule has 0 aromatic carbocycles. The maximum absolute atomic E-state index is 10.9. The Hall–Kier alpha value is -1.10. The van der Waals surface area contributed by atoms with E-state index in [9.17, 15) is 9.59 Å². The number of hydrogen-bond donors (Lipinski definition) is 1. The molecule has 5 heteroatoms. The number of aromatic nitrogens is 2. The predicted molar refractivity (Wildman–Crippen MR) is 46.6 cm³/mol. The van der Waals surface area contributed by atoms with E-state index in [4.69, 9.17) is 0 Å². The van der Waals surface area contributed by atoms with Crippen molar-refractivity contribution in [3.05, 3.63) is 22.1 Å². The molecule has 0 spiro atoms. The number of nitrogens with zero attached hydrogens (tertiary/aromatic N) is 1. The highest BCUT2D eigenvalue weighted by Gasteiger charge is 1.98. The van der Waals surface area contributed by atoms with Crippen LogP contribution in [0.1, 0.15) is 17.4 Å². The van der Waals surface area contributed by atoms with Crippen molar-refractivity contribution in [1.29, 1.82) is 0 Å². The van der Waals surface area contributed by atoms with Crippen LogP contribution in [-0.2, 0) is 0 Å². The standard InChI is InChI=1S/C7H8N2O2S/c1-2-12-7-8-5(4-10)3-6(11)9-7/h3-4H,2H2,1H3,(H,8,9,11). The summed E-state index contributed by atoms with van der Waals surface area (Å²) < 4.78 is 0. The summed E-state index contributed by atoms with van der Waals surface area (Å²) in [7, 11) is 0. The van der Waals surface area contributed by atoms with Crippen molar-refractivity contribution in [1.82, 2.24) is 9.97 Å². The van der Waals surface area contributed by atoms with Crippen molar-refractivity contribution in [2.75, 3.05) is 5.75 Å². The number of carbonyl (C=O) groups excluding carboxylic acids is 1. The molecule has 0 amide bonds. The van der Waals surface area contributed by atoms with Crippen molar-refractivity contribution in [3.8, 4) is 0 Å². The van der Waals surface area contributed by atoms with E-state index in [2.05, 4.69) is 9.97 Å². The van der Waals surface area contributed by atoms with Crippen LogP contribution in [0.4, 0.5) is 0 Å². The third kappa shape index (κ3) is 2.20. The summed E-state index contributed by atoms with van der Waals surface area (Å²) in [6, 6.07) is 1.17. The number of H-pyrrole nitrogens is 1. The molecule has 1 heterocycles. The van der Waals surface area contributed by atoms with Gasteiger partial charge in [-0.25, -0.2) is 4.98 Å². The summed E-state index contributed by atoms with van der Waals surface area (Å²) in [6.45, 7) is 1.94. The molecule has 0 aliphatic rings. The van der Waals surface area contributed by atoms with Gasteiger partial charge in [-0.05, 0) is 5.75 Å². The number of nitrogens with one attached hydrogen (secondary N) is 1. The van der Waals surface area contributed by atoms with Crippen LogP contribution in [0.15, 0.2) is 16.0 Å². The van der Waals surface area contributed by atoms with Crippen molar-refractivity contribution in [3.63, 3.8) is 0 Å².